The molecule has 102 valence electrons. The fraction of sp³-hybridized carbons (Fsp3) is 0.429. The lowest BCUT2D eigenvalue weighted by Crippen LogP contribution is -2.36. The number of carbonyl (C=O) groups excluding carboxylic acids is 2. The molecular formula is C14H18N2O3. The fourth-order valence-corrected chi connectivity index (χ4v) is 2.19. The van der Waals surface area contributed by atoms with Gasteiger partial charge in [-0.1, -0.05) is 12.1 Å². The lowest BCUT2D eigenvalue weighted by atomic mass is 10.1. The molecule has 2 amide bonds. The summed E-state index contributed by atoms with van der Waals surface area (Å²) in [7, 11) is 0. The summed E-state index contributed by atoms with van der Waals surface area (Å²) in [5.74, 6) is -0.183. The van der Waals surface area contributed by atoms with Gasteiger partial charge in [-0.25, -0.2) is 0 Å². The highest BCUT2D eigenvalue weighted by atomic mass is 16.5. The Morgan fingerprint density at radius 3 is 2.53 bits per heavy atom. The van der Waals surface area contributed by atoms with Gasteiger partial charge in [-0.15, -0.1) is 0 Å². The van der Waals surface area contributed by atoms with Gasteiger partial charge in [-0.3, -0.25) is 9.59 Å². The highest BCUT2D eigenvalue weighted by molar-refractivity contribution is 5.97. The van der Waals surface area contributed by atoms with Crippen LogP contribution in [0.15, 0.2) is 24.3 Å². The van der Waals surface area contributed by atoms with Crippen LogP contribution in [-0.2, 0) is 4.79 Å². The summed E-state index contributed by atoms with van der Waals surface area (Å²) in [6, 6.07) is 6.95. The predicted molar refractivity (Wildman–Crippen MR) is 70.9 cm³/mol. The lowest BCUT2D eigenvalue weighted by Gasteiger charge is -2.27. The van der Waals surface area contributed by atoms with Gasteiger partial charge in [-0.2, -0.15) is 0 Å². The van der Waals surface area contributed by atoms with E-state index in [9.17, 15) is 9.59 Å². The van der Waals surface area contributed by atoms with Crippen LogP contribution in [0.25, 0.3) is 0 Å². The molecule has 0 saturated carbocycles. The van der Waals surface area contributed by atoms with Gasteiger partial charge in [0.15, 0.2) is 6.61 Å². The minimum atomic E-state index is -0.555. The SMILES string of the molecule is NC(=O)COc1ccccc1C(=O)N1CCCCC1. The van der Waals surface area contributed by atoms with E-state index in [0.717, 1.165) is 25.9 Å². The van der Waals surface area contributed by atoms with Gasteiger partial charge in [0.2, 0.25) is 0 Å². The molecule has 5 heteroatoms. The molecule has 0 aromatic heterocycles. The van der Waals surface area contributed by atoms with Gasteiger partial charge in [0.25, 0.3) is 11.8 Å². The number of nitrogens with two attached hydrogens (primary N) is 1. The van der Waals surface area contributed by atoms with Gasteiger partial charge >= 0.3 is 0 Å². The van der Waals surface area contributed by atoms with Crippen molar-refractivity contribution in [3.05, 3.63) is 29.8 Å². The average Bonchev–Trinajstić information content (AvgIpc) is 2.45. The monoisotopic (exact) mass is 262 g/mol. The van der Waals surface area contributed by atoms with Crippen LogP contribution in [0.1, 0.15) is 29.6 Å². The first-order valence-corrected chi connectivity index (χ1v) is 6.48. The molecule has 1 aromatic carbocycles. The average molecular weight is 262 g/mol. The number of rotatable bonds is 4. The van der Waals surface area contributed by atoms with Crippen LogP contribution in [0.5, 0.6) is 5.75 Å². The lowest BCUT2D eigenvalue weighted by molar-refractivity contribution is -0.119. The number of primary amides is 1. The van der Waals surface area contributed by atoms with Crippen LogP contribution in [-0.4, -0.2) is 36.4 Å². The molecule has 1 aliphatic rings. The van der Waals surface area contributed by atoms with Crippen LogP contribution in [0.2, 0.25) is 0 Å². The Bertz CT molecular complexity index is 468. The van der Waals surface area contributed by atoms with E-state index in [1.807, 2.05) is 4.90 Å². The van der Waals surface area contributed by atoms with Crippen LogP contribution >= 0.6 is 0 Å². The van der Waals surface area contributed by atoms with Crippen molar-refractivity contribution >= 4 is 11.8 Å². The van der Waals surface area contributed by atoms with E-state index in [0.29, 0.717) is 11.3 Å². The van der Waals surface area contributed by atoms with Crippen LogP contribution in [0.3, 0.4) is 0 Å². The second-order valence-corrected chi connectivity index (χ2v) is 4.60. The zero-order valence-electron chi connectivity index (χ0n) is 10.8. The zero-order valence-corrected chi connectivity index (χ0v) is 10.8. The zero-order chi connectivity index (χ0) is 13.7. The summed E-state index contributed by atoms with van der Waals surface area (Å²) >= 11 is 0. The summed E-state index contributed by atoms with van der Waals surface area (Å²) in [5.41, 5.74) is 5.54. The molecule has 19 heavy (non-hydrogen) atoms. The first-order valence-electron chi connectivity index (χ1n) is 6.48. The molecule has 0 atom stereocenters. The van der Waals surface area contributed by atoms with E-state index in [4.69, 9.17) is 10.5 Å². The largest absolute Gasteiger partial charge is 0.483 e. The topological polar surface area (TPSA) is 72.6 Å². The highest BCUT2D eigenvalue weighted by Gasteiger charge is 2.21. The first-order chi connectivity index (χ1) is 9.18. The quantitative estimate of drug-likeness (QED) is 0.885. The normalized spacial score (nSPS) is 15.1. The van der Waals surface area contributed by atoms with Crippen molar-refractivity contribution < 1.29 is 14.3 Å². The Hall–Kier alpha value is -2.04. The second kappa shape index (κ2) is 6.22. The number of nitrogens with zero attached hydrogens (tertiary/aromatic N) is 1. The maximum absolute atomic E-state index is 12.4. The molecule has 0 aliphatic carbocycles. The van der Waals surface area contributed by atoms with Crippen molar-refractivity contribution in [2.24, 2.45) is 5.73 Å². The maximum atomic E-state index is 12.4. The molecule has 0 radical (unpaired) electrons. The molecule has 5 nitrogen and oxygen atoms in total. The van der Waals surface area contributed by atoms with Crippen molar-refractivity contribution in [2.75, 3.05) is 19.7 Å². The van der Waals surface area contributed by atoms with E-state index in [1.54, 1.807) is 24.3 Å². The van der Waals surface area contributed by atoms with Gasteiger partial charge in [0.05, 0.1) is 5.56 Å². The van der Waals surface area contributed by atoms with E-state index in [-0.39, 0.29) is 12.5 Å². The van der Waals surface area contributed by atoms with Crippen molar-refractivity contribution in [2.45, 2.75) is 19.3 Å². The summed E-state index contributed by atoms with van der Waals surface area (Å²) < 4.78 is 5.29. The first kappa shape index (κ1) is 13.4. The number of hydrogen-bond donors (Lipinski definition) is 1. The molecule has 1 saturated heterocycles. The molecule has 1 aromatic rings. The Labute approximate surface area is 112 Å². The second-order valence-electron chi connectivity index (χ2n) is 4.60. The molecule has 2 N–H and O–H groups in total. The summed E-state index contributed by atoms with van der Waals surface area (Å²) in [5, 5.41) is 0. The molecule has 0 spiro atoms. The molecule has 1 fully saturated rings. The van der Waals surface area contributed by atoms with Crippen LogP contribution in [0.4, 0.5) is 0 Å². The Balaban J connectivity index is 2.13. The van der Waals surface area contributed by atoms with E-state index < -0.39 is 5.91 Å². The van der Waals surface area contributed by atoms with Crippen molar-refractivity contribution in [3.8, 4) is 5.75 Å². The smallest absolute Gasteiger partial charge is 0.257 e. The molecule has 1 heterocycles. The predicted octanol–water partition coefficient (Wildman–Crippen LogP) is 1.18. The Morgan fingerprint density at radius 2 is 1.84 bits per heavy atom. The highest BCUT2D eigenvalue weighted by Crippen LogP contribution is 2.21. The summed E-state index contributed by atoms with van der Waals surface area (Å²) in [4.78, 5) is 25.0. The van der Waals surface area contributed by atoms with Crippen LogP contribution < -0.4 is 10.5 Å². The standard InChI is InChI=1S/C14H18N2O3/c15-13(17)10-19-12-7-3-2-6-11(12)14(18)16-8-4-1-5-9-16/h2-3,6-7H,1,4-5,8-10H2,(H2,15,17). The molecule has 0 bridgehead atoms. The van der Waals surface area contributed by atoms with Crippen LogP contribution in [0, 0.1) is 0 Å². The fourth-order valence-electron chi connectivity index (χ4n) is 2.19. The van der Waals surface area contributed by atoms with Crippen molar-refractivity contribution in [1.82, 2.24) is 4.90 Å². The van der Waals surface area contributed by atoms with E-state index >= 15 is 0 Å². The number of likely N-dealkylation sites (tertiary alicyclic amines) is 1. The number of benzene rings is 1. The van der Waals surface area contributed by atoms with E-state index in [1.165, 1.54) is 6.42 Å². The summed E-state index contributed by atoms with van der Waals surface area (Å²) in [6.07, 6.45) is 3.25. The number of para-hydroxylation sites is 1. The minimum Gasteiger partial charge on any atom is -0.483 e. The van der Waals surface area contributed by atoms with Gasteiger partial charge in [0, 0.05) is 13.1 Å². The summed E-state index contributed by atoms with van der Waals surface area (Å²) in [6.45, 7) is 1.34. The number of carbonyl (C=O) groups is 2. The molecule has 1 aliphatic heterocycles. The van der Waals surface area contributed by atoms with Gasteiger partial charge < -0.3 is 15.4 Å². The molecule has 0 unspecified atom stereocenters. The number of hydrogen-bond acceptors (Lipinski definition) is 3. The molecular weight excluding hydrogens is 244 g/mol. The molecule has 2 rings (SSSR count). The third-order valence-electron chi connectivity index (χ3n) is 3.13. The third-order valence-corrected chi connectivity index (χ3v) is 3.13. The third kappa shape index (κ3) is 3.47. The Morgan fingerprint density at radius 1 is 1.16 bits per heavy atom. The maximum Gasteiger partial charge on any atom is 0.257 e. The number of ether oxygens (including phenoxy) is 1. The van der Waals surface area contributed by atoms with Gasteiger partial charge in [0.1, 0.15) is 5.75 Å². The van der Waals surface area contributed by atoms with Crippen molar-refractivity contribution in [1.29, 1.82) is 0 Å². The van der Waals surface area contributed by atoms with Gasteiger partial charge in [-0.05, 0) is 31.4 Å². The number of piperidine rings is 1. The number of amides is 2. The van der Waals surface area contributed by atoms with Crippen molar-refractivity contribution in [3.63, 3.8) is 0 Å². The van der Waals surface area contributed by atoms with E-state index in [2.05, 4.69) is 0 Å². The Kier molecular flexibility index (Phi) is 4.39. The minimum absolute atomic E-state index is 0.0419.